The van der Waals surface area contributed by atoms with Gasteiger partial charge in [-0.2, -0.15) is 0 Å². The second-order valence-corrected chi connectivity index (χ2v) is 5.12. The summed E-state index contributed by atoms with van der Waals surface area (Å²) in [6, 6.07) is 7.23. The lowest BCUT2D eigenvalue weighted by Gasteiger charge is -2.03. The molecule has 110 valence electrons. The number of rotatable bonds is 5. The molecule has 1 heterocycles. The number of esters is 1. The monoisotopic (exact) mass is 306 g/mol. The van der Waals surface area contributed by atoms with Gasteiger partial charge in [-0.15, -0.1) is 0 Å². The van der Waals surface area contributed by atoms with Crippen molar-refractivity contribution in [2.24, 2.45) is 0 Å². The largest absolute Gasteiger partial charge is 0.497 e. The van der Waals surface area contributed by atoms with Gasteiger partial charge < -0.3 is 14.8 Å². The van der Waals surface area contributed by atoms with Crippen LogP contribution < -0.4 is 10.1 Å². The molecule has 0 bridgehead atoms. The Morgan fingerprint density at radius 1 is 1.24 bits per heavy atom. The minimum Gasteiger partial charge on any atom is -0.497 e. The Labute approximate surface area is 125 Å². The van der Waals surface area contributed by atoms with E-state index in [1.165, 1.54) is 13.3 Å². The lowest BCUT2D eigenvalue weighted by molar-refractivity contribution is -0.115. The van der Waals surface area contributed by atoms with Crippen LogP contribution in [-0.4, -0.2) is 31.1 Å². The number of carbonyl (C=O) groups excluding carboxylic acids is 2. The van der Waals surface area contributed by atoms with E-state index in [9.17, 15) is 9.59 Å². The molecule has 0 saturated carbocycles. The van der Waals surface area contributed by atoms with Gasteiger partial charge >= 0.3 is 5.97 Å². The van der Waals surface area contributed by atoms with E-state index in [2.05, 4.69) is 15.0 Å². The van der Waals surface area contributed by atoms with E-state index in [0.29, 0.717) is 10.0 Å². The Morgan fingerprint density at radius 3 is 2.57 bits per heavy atom. The summed E-state index contributed by atoms with van der Waals surface area (Å²) in [6.07, 6.45) is 1.59. The zero-order valence-corrected chi connectivity index (χ0v) is 12.4. The van der Waals surface area contributed by atoms with E-state index in [1.807, 2.05) is 12.1 Å². The molecule has 2 aromatic rings. The highest BCUT2D eigenvalue weighted by Gasteiger charge is 2.12. The van der Waals surface area contributed by atoms with Gasteiger partial charge in [0.1, 0.15) is 10.6 Å². The van der Waals surface area contributed by atoms with E-state index in [0.717, 1.165) is 22.6 Å². The van der Waals surface area contributed by atoms with E-state index >= 15 is 0 Å². The number of ether oxygens (including phenoxy) is 2. The number of nitrogens with zero attached hydrogens (tertiary/aromatic N) is 1. The van der Waals surface area contributed by atoms with Crippen LogP contribution in [0.2, 0.25) is 0 Å². The number of hydrogen-bond acceptors (Lipinski definition) is 6. The molecule has 0 unspecified atom stereocenters. The summed E-state index contributed by atoms with van der Waals surface area (Å²) in [6.45, 7) is 0. The molecule has 1 aromatic heterocycles. The quantitative estimate of drug-likeness (QED) is 0.856. The predicted molar refractivity (Wildman–Crippen MR) is 78.8 cm³/mol. The van der Waals surface area contributed by atoms with Gasteiger partial charge in [-0.05, 0) is 17.7 Å². The number of amides is 1. The van der Waals surface area contributed by atoms with Crippen molar-refractivity contribution in [3.05, 3.63) is 40.9 Å². The Hall–Kier alpha value is -2.41. The Morgan fingerprint density at radius 2 is 1.95 bits per heavy atom. The zero-order chi connectivity index (χ0) is 15.2. The van der Waals surface area contributed by atoms with Crippen LogP contribution in [-0.2, 0) is 16.0 Å². The first-order valence-corrected chi connectivity index (χ1v) is 6.91. The third kappa shape index (κ3) is 4.03. The Bertz CT molecular complexity index is 637. The van der Waals surface area contributed by atoms with Crippen molar-refractivity contribution >= 4 is 28.3 Å². The lowest BCUT2D eigenvalue weighted by Crippen LogP contribution is -2.14. The normalized spacial score (nSPS) is 10.0. The van der Waals surface area contributed by atoms with Crippen LogP contribution in [0, 0.1) is 0 Å². The molecule has 1 N–H and O–H groups in total. The smallest absolute Gasteiger partial charge is 0.349 e. The number of anilines is 1. The van der Waals surface area contributed by atoms with Crippen LogP contribution in [0.1, 0.15) is 15.2 Å². The van der Waals surface area contributed by atoms with Crippen molar-refractivity contribution < 1.29 is 19.1 Å². The van der Waals surface area contributed by atoms with E-state index in [-0.39, 0.29) is 12.3 Å². The maximum atomic E-state index is 11.9. The third-order valence-electron chi connectivity index (χ3n) is 2.66. The van der Waals surface area contributed by atoms with Crippen LogP contribution in [0.3, 0.4) is 0 Å². The number of aromatic nitrogens is 1. The standard InChI is InChI=1S/C14H14N2O4S/c1-19-10-5-3-9(4-6-10)7-12(17)16-14-15-8-11(21-14)13(18)20-2/h3-6,8H,7H2,1-2H3,(H,15,16,17). The highest BCUT2D eigenvalue weighted by molar-refractivity contribution is 7.17. The molecular formula is C14H14N2O4S. The van der Waals surface area contributed by atoms with Crippen molar-refractivity contribution in [1.82, 2.24) is 4.98 Å². The molecule has 7 heteroatoms. The van der Waals surface area contributed by atoms with Gasteiger partial charge in [0.25, 0.3) is 0 Å². The molecule has 0 radical (unpaired) electrons. The molecule has 2 rings (SSSR count). The van der Waals surface area contributed by atoms with E-state index < -0.39 is 5.97 Å². The maximum absolute atomic E-state index is 11.9. The van der Waals surface area contributed by atoms with Crippen molar-refractivity contribution in [2.45, 2.75) is 6.42 Å². The van der Waals surface area contributed by atoms with Gasteiger partial charge in [0, 0.05) is 0 Å². The molecular weight excluding hydrogens is 292 g/mol. The number of carbonyl (C=O) groups is 2. The van der Waals surface area contributed by atoms with Gasteiger partial charge in [0.2, 0.25) is 5.91 Å². The van der Waals surface area contributed by atoms with Crippen molar-refractivity contribution in [2.75, 3.05) is 19.5 Å². The van der Waals surface area contributed by atoms with Gasteiger partial charge in [-0.1, -0.05) is 23.5 Å². The van der Waals surface area contributed by atoms with Gasteiger partial charge in [-0.3, -0.25) is 4.79 Å². The van der Waals surface area contributed by atoms with Crippen LogP contribution in [0.15, 0.2) is 30.5 Å². The number of methoxy groups -OCH3 is 2. The van der Waals surface area contributed by atoms with Gasteiger partial charge in [-0.25, -0.2) is 9.78 Å². The van der Waals surface area contributed by atoms with Gasteiger partial charge in [0.05, 0.1) is 26.8 Å². The summed E-state index contributed by atoms with van der Waals surface area (Å²) in [5, 5.41) is 3.02. The summed E-state index contributed by atoms with van der Waals surface area (Å²) < 4.78 is 9.63. The highest BCUT2D eigenvalue weighted by atomic mass is 32.1. The lowest BCUT2D eigenvalue weighted by atomic mass is 10.1. The fourth-order valence-electron chi connectivity index (χ4n) is 1.62. The minimum absolute atomic E-state index is 0.203. The first-order chi connectivity index (χ1) is 10.1. The van der Waals surface area contributed by atoms with Gasteiger partial charge in [0.15, 0.2) is 5.13 Å². The number of benzene rings is 1. The average Bonchev–Trinajstić information content (AvgIpc) is 2.95. The fourth-order valence-corrected chi connectivity index (χ4v) is 2.37. The summed E-state index contributed by atoms with van der Waals surface area (Å²) >= 11 is 1.07. The molecule has 0 aliphatic carbocycles. The predicted octanol–water partition coefficient (Wildman–Crippen LogP) is 2.12. The SMILES string of the molecule is COC(=O)c1cnc(NC(=O)Cc2ccc(OC)cc2)s1. The summed E-state index contributed by atoms with van der Waals surface area (Å²) in [7, 11) is 2.88. The van der Waals surface area contributed by atoms with Crippen LogP contribution >= 0.6 is 11.3 Å². The second kappa shape index (κ2) is 6.85. The molecule has 1 amide bonds. The third-order valence-corrected chi connectivity index (χ3v) is 3.56. The molecule has 0 spiro atoms. The highest BCUT2D eigenvalue weighted by Crippen LogP contribution is 2.19. The zero-order valence-electron chi connectivity index (χ0n) is 11.6. The summed E-state index contributed by atoms with van der Waals surface area (Å²) in [5.74, 6) is 0.0656. The van der Waals surface area contributed by atoms with Crippen molar-refractivity contribution in [3.8, 4) is 5.75 Å². The van der Waals surface area contributed by atoms with Crippen LogP contribution in [0.5, 0.6) is 5.75 Å². The Balaban J connectivity index is 1.94. The summed E-state index contributed by atoms with van der Waals surface area (Å²) in [5.41, 5.74) is 0.859. The average molecular weight is 306 g/mol. The fraction of sp³-hybridized carbons (Fsp3) is 0.214. The summed E-state index contributed by atoms with van der Waals surface area (Å²) in [4.78, 5) is 27.5. The topological polar surface area (TPSA) is 77.5 Å². The molecule has 1 aromatic carbocycles. The van der Waals surface area contributed by atoms with E-state index in [1.54, 1.807) is 19.2 Å². The number of thiazole rings is 1. The second-order valence-electron chi connectivity index (χ2n) is 4.09. The first-order valence-electron chi connectivity index (χ1n) is 6.09. The Kier molecular flexibility index (Phi) is 4.89. The molecule has 0 aliphatic heterocycles. The van der Waals surface area contributed by atoms with Crippen LogP contribution in [0.25, 0.3) is 0 Å². The first kappa shape index (κ1) is 15.0. The van der Waals surface area contributed by atoms with E-state index in [4.69, 9.17) is 4.74 Å². The van der Waals surface area contributed by atoms with Crippen molar-refractivity contribution in [3.63, 3.8) is 0 Å². The molecule has 0 fully saturated rings. The molecule has 0 saturated heterocycles. The number of hydrogen-bond donors (Lipinski definition) is 1. The maximum Gasteiger partial charge on any atom is 0.349 e. The molecule has 21 heavy (non-hydrogen) atoms. The molecule has 0 aliphatic rings. The minimum atomic E-state index is -0.469. The molecule has 6 nitrogen and oxygen atoms in total. The number of nitrogens with one attached hydrogen (secondary N) is 1. The van der Waals surface area contributed by atoms with Crippen LogP contribution in [0.4, 0.5) is 5.13 Å². The molecule has 0 atom stereocenters. The van der Waals surface area contributed by atoms with Crippen molar-refractivity contribution in [1.29, 1.82) is 0 Å².